The monoisotopic (exact) mass is 199 g/mol. The summed E-state index contributed by atoms with van der Waals surface area (Å²) in [6.07, 6.45) is 3.62. The summed E-state index contributed by atoms with van der Waals surface area (Å²) in [5.41, 5.74) is 0.245. The molecule has 2 nitrogen and oxygen atoms in total. The maximum Gasteiger partial charge on any atom is 0.0480 e. The van der Waals surface area contributed by atoms with E-state index in [0.29, 0.717) is 12.0 Å². The molecule has 1 aliphatic rings. The van der Waals surface area contributed by atoms with E-state index >= 15 is 0 Å². The summed E-state index contributed by atoms with van der Waals surface area (Å²) in [5, 5.41) is 3.75. The highest BCUT2D eigenvalue weighted by Gasteiger charge is 2.25. The van der Waals surface area contributed by atoms with Crippen LogP contribution in [0.25, 0.3) is 0 Å². The minimum Gasteiger partial charge on any atom is -0.381 e. The normalized spacial score (nSPS) is 25.1. The third kappa shape index (κ3) is 3.58. The molecule has 0 aromatic heterocycles. The average Bonchev–Trinajstić information content (AvgIpc) is 2.32. The second-order valence-corrected chi connectivity index (χ2v) is 5.26. The van der Waals surface area contributed by atoms with Gasteiger partial charge in [0.25, 0.3) is 0 Å². The third-order valence-corrected chi connectivity index (χ3v) is 3.47. The van der Waals surface area contributed by atoms with Crippen LogP contribution < -0.4 is 5.32 Å². The highest BCUT2D eigenvalue weighted by molar-refractivity contribution is 4.85. The first-order valence-electron chi connectivity index (χ1n) is 5.88. The summed E-state index contributed by atoms with van der Waals surface area (Å²) in [6, 6.07) is 0.648. The molecule has 1 atom stereocenters. The Hall–Kier alpha value is -0.0800. The van der Waals surface area contributed by atoms with Gasteiger partial charge in [-0.3, -0.25) is 0 Å². The maximum atomic E-state index is 5.46. The molecule has 0 aliphatic carbocycles. The Labute approximate surface area is 88.4 Å². The lowest BCUT2D eigenvalue weighted by Gasteiger charge is -2.35. The van der Waals surface area contributed by atoms with Crippen molar-refractivity contribution in [3.8, 4) is 0 Å². The predicted octanol–water partition coefficient (Wildman–Crippen LogP) is 2.58. The third-order valence-electron chi connectivity index (χ3n) is 3.47. The Morgan fingerprint density at radius 3 is 2.57 bits per heavy atom. The molecule has 0 aromatic rings. The second kappa shape index (κ2) is 5.13. The fourth-order valence-corrected chi connectivity index (χ4v) is 1.74. The smallest absolute Gasteiger partial charge is 0.0480 e. The Bertz CT molecular complexity index is 158. The van der Waals surface area contributed by atoms with Gasteiger partial charge >= 0.3 is 0 Å². The number of hydrogen-bond donors (Lipinski definition) is 1. The predicted molar refractivity (Wildman–Crippen MR) is 60.5 cm³/mol. The molecule has 0 bridgehead atoms. The molecule has 1 saturated heterocycles. The fraction of sp³-hybridized carbons (Fsp3) is 1.00. The van der Waals surface area contributed by atoms with Crippen LogP contribution in [0.2, 0.25) is 0 Å². The van der Waals surface area contributed by atoms with Crippen molar-refractivity contribution in [1.82, 2.24) is 5.32 Å². The van der Waals surface area contributed by atoms with E-state index in [1.54, 1.807) is 0 Å². The summed E-state index contributed by atoms with van der Waals surface area (Å²) in [5.74, 6) is 0.673. The first-order chi connectivity index (χ1) is 6.52. The Kier molecular flexibility index (Phi) is 4.39. The number of nitrogens with one attached hydrogen (secondary N) is 1. The van der Waals surface area contributed by atoms with Gasteiger partial charge in [-0.1, -0.05) is 13.8 Å². The van der Waals surface area contributed by atoms with E-state index in [4.69, 9.17) is 4.74 Å². The van der Waals surface area contributed by atoms with Crippen LogP contribution >= 0.6 is 0 Å². The van der Waals surface area contributed by atoms with Crippen LogP contribution in [0.4, 0.5) is 0 Å². The van der Waals surface area contributed by atoms with Crippen molar-refractivity contribution in [2.45, 2.75) is 58.5 Å². The largest absolute Gasteiger partial charge is 0.381 e. The number of rotatable bonds is 3. The van der Waals surface area contributed by atoms with Crippen LogP contribution in [0.5, 0.6) is 0 Å². The molecule has 1 heterocycles. The lowest BCUT2D eigenvalue weighted by Crippen LogP contribution is -2.49. The highest BCUT2D eigenvalue weighted by atomic mass is 16.5. The Balaban J connectivity index is 2.41. The second-order valence-electron chi connectivity index (χ2n) is 5.26. The molecule has 0 spiro atoms. The number of ether oxygens (including phenoxy) is 1. The van der Waals surface area contributed by atoms with Crippen molar-refractivity contribution in [3.05, 3.63) is 0 Å². The SMILES string of the molecule is CC(C)C(C)(C)NC1CCCOCC1. The molecule has 0 radical (unpaired) electrons. The van der Waals surface area contributed by atoms with Crippen LogP contribution in [-0.4, -0.2) is 24.8 Å². The van der Waals surface area contributed by atoms with Crippen LogP contribution in [0.15, 0.2) is 0 Å². The van der Waals surface area contributed by atoms with Gasteiger partial charge in [-0.15, -0.1) is 0 Å². The topological polar surface area (TPSA) is 21.3 Å². The van der Waals surface area contributed by atoms with Gasteiger partial charge in [0.2, 0.25) is 0 Å². The van der Waals surface area contributed by atoms with E-state index in [1.807, 2.05) is 0 Å². The van der Waals surface area contributed by atoms with Gasteiger partial charge in [-0.2, -0.15) is 0 Å². The summed E-state index contributed by atoms with van der Waals surface area (Å²) >= 11 is 0. The van der Waals surface area contributed by atoms with Crippen LogP contribution in [-0.2, 0) is 4.74 Å². The van der Waals surface area contributed by atoms with Crippen molar-refractivity contribution in [2.24, 2.45) is 5.92 Å². The lowest BCUT2D eigenvalue weighted by molar-refractivity contribution is 0.140. The zero-order valence-electron chi connectivity index (χ0n) is 10.1. The lowest BCUT2D eigenvalue weighted by atomic mass is 9.89. The molecular formula is C12H25NO. The van der Waals surface area contributed by atoms with Crippen molar-refractivity contribution in [3.63, 3.8) is 0 Å². The molecule has 0 aromatic carbocycles. The van der Waals surface area contributed by atoms with E-state index < -0.39 is 0 Å². The summed E-state index contributed by atoms with van der Waals surface area (Å²) < 4.78 is 5.46. The maximum absolute atomic E-state index is 5.46. The van der Waals surface area contributed by atoms with Crippen LogP contribution in [0.1, 0.15) is 47.0 Å². The van der Waals surface area contributed by atoms with Gasteiger partial charge < -0.3 is 10.1 Å². The first-order valence-corrected chi connectivity index (χ1v) is 5.88. The van der Waals surface area contributed by atoms with Gasteiger partial charge in [0.1, 0.15) is 0 Å². The molecule has 14 heavy (non-hydrogen) atoms. The summed E-state index contributed by atoms with van der Waals surface area (Å²) in [4.78, 5) is 0. The van der Waals surface area contributed by atoms with Crippen molar-refractivity contribution in [1.29, 1.82) is 0 Å². The minimum atomic E-state index is 0.245. The van der Waals surface area contributed by atoms with Crippen LogP contribution in [0, 0.1) is 5.92 Å². The average molecular weight is 199 g/mol. The standard InChI is InChI=1S/C12H25NO/c1-10(2)12(3,4)13-11-6-5-8-14-9-7-11/h10-11,13H,5-9H2,1-4H3. The van der Waals surface area contributed by atoms with E-state index in [0.717, 1.165) is 19.6 Å². The molecule has 1 N–H and O–H groups in total. The zero-order valence-corrected chi connectivity index (χ0v) is 10.1. The van der Waals surface area contributed by atoms with Crippen molar-refractivity contribution >= 4 is 0 Å². The van der Waals surface area contributed by atoms with Crippen LogP contribution in [0.3, 0.4) is 0 Å². The van der Waals surface area contributed by atoms with Gasteiger partial charge in [-0.25, -0.2) is 0 Å². The van der Waals surface area contributed by atoms with Gasteiger partial charge in [0.05, 0.1) is 0 Å². The molecule has 2 heteroatoms. The Morgan fingerprint density at radius 1 is 1.21 bits per heavy atom. The van der Waals surface area contributed by atoms with E-state index in [2.05, 4.69) is 33.0 Å². The molecule has 1 rings (SSSR count). The molecule has 0 saturated carbocycles. The molecule has 0 amide bonds. The van der Waals surface area contributed by atoms with Gasteiger partial charge in [0.15, 0.2) is 0 Å². The summed E-state index contributed by atoms with van der Waals surface area (Å²) in [7, 11) is 0. The number of hydrogen-bond acceptors (Lipinski definition) is 2. The quantitative estimate of drug-likeness (QED) is 0.754. The van der Waals surface area contributed by atoms with Crippen molar-refractivity contribution < 1.29 is 4.74 Å². The van der Waals surface area contributed by atoms with E-state index in [1.165, 1.54) is 12.8 Å². The molecule has 1 aliphatic heterocycles. The molecule has 1 unspecified atom stereocenters. The van der Waals surface area contributed by atoms with Gasteiger partial charge in [-0.05, 0) is 39.0 Å². The highest BCUT2D eigenvalue weighted by Crippen LogP contribution is 2.19. The van der Waals surface area contributed by atoms with E-state index in [-0.39, 0.29) is 5.54 Å². The summed E-state index contributed by atoms with van der Waals surface area (Å²) in [6.45, 7) is 11.0. The zero-order chi connectivity index (χ0) is 10.6. The van der Waals surface area contributed by atoms with Gasteiger partial charge in [0, 0.05) is 24.8 Å². The van der Waals surface area contributed by atoms with E-state index in [9.17, 15) is 0 Å². The molecule has 1 fully saturated rings. The Morgan fingerprint density at radius 2 is 1.93 bits per heavy atom. The fourth-order valence-electron chi connectivity index (χ4n) is 1.74. The molecule has 84 valence electrons. The van der Waals surface area contributed by atoms with Crippen molar-refractivity contribution in [2.75, 3.05) is 13.2 Å². The minimum absolute atomic E-state index is 0.245. The molecular weight excluding hydrogens is 174 g/mol. The first kappa shape index (κ1) is 12.0.